The monoisotopic (exact) mass is 263 g/mol. The molecule has 0 aromatic carbocycles. The van der Waals surface area contributed by atoms with Crippen molar-refractivity contribution in [3.05, 3.63) is 40.3 Å². The zero-order valence-electron chi connectivity index (χ0n) is 9.44. The molecule has 3 heterocycles. The minimum Gasteiger partial charge on any atom is -0.305 e. The molecule has 0 unspecified atom stereocenters. The lowest BCUT2D eigenvalue weighted by Gasteiger charge is -1.91. The molecule has 0 aliphatic carbocycles. The van der Waals surface area contributed by atoms with Crippen LogP contribution in [-0.2, 0) is 0 Å². The van der Waals surface area contributed by atoms with Gasteiger partial charge in [0.25, 0.3) is 0 Å². The van der Waals surface area contributed by atoms with E-state index in [1.165, 1.54) is 0 Å². The highest BCUT2D eigenvalue weighted by atomic mass is 35.5. The van der Waals surface area contributed by atoms with E-state index in [1.807, 2.05) is 42.8 Å². The highest BCUT2D eigenvalue weighted by Gasteiger charge is 2.11. The molecule has 3 rings (SSSR count). The van der Waals surface area contributed by atoms with Gasteiger partial charge in [-0.3, -0.25) is 0 Å². The zero-order valence-corrected chi connectivity index (χ0v) is 11.0. The Kier molecular flexibility index (Phi) is 2.42. The molecule has 3 nitrogen and oxygen atoms in total. The highest BCUT2D eigenvalue weighted by molar-refractivity contribution is 7.15. The van der Waals surface area contributed by atoms with E-state index >= 15 is 0 Å². The molecule has 0 spiro atoms. The van der Waals surface area contributed by atoms with E-state index in [9.17, 15) is 0 Å². The van der Waals surface area contributed by atoms with Gasteiger partial charge in [0, 0.05) is 12.4 Å². The third kappa shape index (κ3) is 1.83. The van der Waals surface area contributed by atoms with Crippen LogP contribution in [0.2, 0.25) is 5.02 Å². The number of aromatic nitrogens is 3. The molecule has 0 amide bonds. The molecule has 0 N–H and O–H groups in total. The van der Waals surface area contributed by atoms with Crippen LogP contribution in [0.15, 0.2) is 24.5 Å². The van der Waals surface area contributed by atoms with Crippen LogP contribution in [0.3, 0.4) is 0 Å². The second-order valence-electron chi connectivity index (χ2n) is 3.89. The lowest BCUT2D eigenvalue weighted by molar-refractivity contribution is 1.19. The van der Waals surface area contributed by atoms with E-state index in [4.69, 9.17) is 11.6 Å². The van der Waals surface area contributed by atoms with Crippen molar-refractivity contribution < 1.29 is 0 Å². The summed E-state index contributed by atoms with van der Waals surface area (Å²) in [5.41, 5.74) is 2.88. The smallest absolute Gasteiger partial charge is 0.137 e. The third-order valence-corrected chi connectivity index (χ3v) is 3.87. The number of halogens is 1. The summed E-state index contributed by atoms with van der Waals surface area (Å²) in [4.78, 5) is 10.1. The summed E-state index contributed by atoms with van der Waals surface area (Å²) < 4.78 is 1.94. The molecule has 0 aliphatic heterocycles. The first-order valence-electron chi connectivity index (χ1n) is 5.22. The van der Waals surface area contributed by atoms with E-state index in [2.05, 4.69) is 9.97 Å². The van der Waals surface area contributed by atoms with Crippen molar-refractivity contribution in [1.29, 1.82) is 0 Å². The van der Waals surface area contributed by atoms with Gasteiger partial charge in [-0.1, -0.05) is 11.6 Å². The molecule has 3 aromatic heterocycles. The first kappa shape index (κ1) is 10.7. The molecular formula is C12H10ClN3S. The number of hydrogen-bond acceptors (Lipinski definition) is 3. The molecule has 3 aromatic rings. The molecule has 86 valence electrons. The van der Waals surface area contributed by atoms with E-state index < -0.39 is 0 Å². The van der Waals surface area contributed by atoms with Gasteiger partial charge in [-0.25, -0.2) is 9.97 Å². The van der Waals surface area contributed by atoms with Crippen molar-refractivity contribution >= 4 is 28.6 Å². The van der Waals surface area contributed by atoms with Gasteiger partial charge in [-0.05, 0) is 26.0 Å². The van der Waals surface area contributed by atoms with Crippen LogP contribution in [0.4, 0.5) is 0 Å². The molecule has 5 heteroatoms. The van der Waals surface area contributed by atoms with Gasteiger partial charge < -0.3 is 4.40 Å². The van der Waals surface area contributed by atoms with E-state index in [-0.39, 0.29) is 0 Å². The molecule has 0 atom stereocenters. The first-order valence-corrected chi connectivity index (χ1v) is 6.41. The standard InChI is InChI=1S/C12H10ClN3S/c1-7-12(17-8(2)14-7)10-6-16-5-9(13)3-4-11(16)15-10/h3-6H,1-2H3. The van der Waals surface area contributed by atoms with Crippen LogP contribution in [0, 0.1) is 13.8 Å². The third-order valence-electron chi connectivity index (χ3n) is 2.55. The number of nitrogens with zero attached hydrogens (tertiary/aromatic N) is 3. The Bertz CT molecular complexity index is 699. The molecule has 0 bridgehead atoms. The minimum absolute atomic E-state index is 0.707. The summed E-state index contributed by atoms with van der Waals surface area (Å²) in [6.07, 6.45) is 3.85. The Morgan fingerprint density at radius 3 is 2.71 bits per heavy atom. The summed E-state index contributed by atoms with van der Waals surface area (Å²) in [6, 6.07) is 3.76. The van der Waals surface area contributed by atoms with Crippen molar-refractivity contribution in [1.82, 2.24) is 14.4 Å². The van der Waals surface area contributed by atoms with Crippen LogP contribution in [0.5, 0.6) is 0 Å². The molecule has 17 heavy (non-hydrogen) atoms. The van der Waals surface area contributed by atoms with Crippen molar-refractivity contribution in [2.24, 2.45) is 0 Å². The minimum atomic E-state index is 0.707. The van der Waals surface area contributed by atoms with Gasteiger partial charge in [0.05, 0.1) is 20.6 Å². The molecule has 0 radical (unpaired) electrons. The Morgan fingerprint density at radius 1 is 1.18 bits per heavy atom. The number of fused-ring (bicyclic) bond motifs is 1. The fraction of sp³-hybridized carbons (Fsp3) is 0.167. The van der Waals surface area contributed by atoms with Crippen molar-refractivity contribution in [3.63, 3.8) is 0 Å². The van der Waals surface area contributed by atoms with Crippen molar-refractivity contribution in [2.45, 2.75) is 13.8 Å². The van der Waals surface area contributed by atoms with E-state index in [1.54, 1.807) is 11.3 Å². The zero-order chi connectivity index (χ0) is 12.0. The predicted octanol–water partition coefficient (Wildman–Crippen LogP) is 3.73. The number of thiazole rings is 1. The van der Waals surface area contributed by atoms with Gasteiger partial charge in [0.15, 0.2) is 0 Å². The summed E-state index contributed by atoms with van der Waals surface area (Å²) in [5, 5.41) is 1.77. The maximum absolute atomic E-state index is 5.95. The quantitative estimate of drug-likeness (QED) is 0.670. The Morgan fingerprint density at radius 2 is 2.00 bits per heavy atom. The Labute approximate surface area is 108 Å². The summed E-state index contributed by atoms with van der Waals surface area (Å²) in [6.45, 7) is 4.02. The van der Waals surface area contributed by atoms with Crippen LogP contribution < -0.4 is 0 Å². The number of imidazole rings is 1. The van der Waals surface area contributed by atoms with Crippen LogP contribution in [0.25, 0.3) is 16.2 Å². The maximum Gasteiger partial charge on any atom is 0.137 e. The molecule has 0 saturated heterocycles. The topological polar surface area (TPSA) is 30.2 Å². The van der Waals surface area contributed by atoms with Gasteiger partial charge >= 0.3 is 0 Å². The predicted molar refractivity (Wildman–Crippen MR) is 70.8 cm³/mol. The molecule has 0 saturated carbocycles. The summed E-state index contributed by atoms with van der Waals surface area (Å²) in [7, 11) is 0. The van der Waals surface area contributed by atoms with Gasteiger partial charge in [-0.2, -0.15) is 0 Å². The highest BCUT2D eigenvalue weighted by Crippen LogP contribution is 2.29. The normalized spacial score (nSPS) is 11.2. The molecule has 0 aliphatic rings. The Balaban J connectivity index is 2.21. The van der Waals surface area contributed by atoms with Gasteiger partial charge in [-0.15, -0.1) is 11.3 Å². The SMILES string of the molecule is Cc1nc(C)c(-c2cn3cc(Cl)ccc3n2)s1. The second kappa shape index (κ2) is 3.82. The van der Waals surface area contributed by atoms with Gasteiger partial charge in [0.2, 0.25) is 0 Å². The van der Waals surface area contributed by atoms with E-state index in [0.717, 1.165) is 26.9 Å². The fourth-order valence-corrected chi connectivity index (χ4v) is 2.89. The molecular weight excluding hydrogens is 254 g/mol. The van der Waals surface area contributed by atoms with Gasteiger partial charge in [0.1, 0.15) is 11.3 Å². The summed E-state index contributed by atoms with van der Waals surface area (Å²) >= 11 is 7.62. The van der Waals surface area contributed by atoms with Crippen molar-refractivity contribution in [2.75, 3.05) is 0 Å². The molecule has 0 fully saturated rings. The number of aryl methyl sites for hydroxylation is 2. The second-order valence-corrected chi connectivity index (χ2v) is 5.53. The largest absolute Gasteiger partial charge is 0.305 e. The average molecular weight is 264 g/mol. The van der Waals surface area contributed by atoms with Crippen LogP contribution in [0.1, 0.15) is 10.7 Å². The lowest BCUT2D eigenvalue weighted by atomic mass is 10.3. The summed E-state index contributed by atoms with van der Waals surface area (Å²) in [5.74, 6) is 0. The average Bonchev–Trinajstić information content (AvgIpc) is 2.80. The number of hydrogen-bond donors (Lipinski definition) is 0. The Hall–Kier alpha value is -1.39. The van der Waals surface area contributed by atoms with Crippen LogP contribution in [-0.4, -0.2) is 14.4 Å². The van der Waals surface area contributed by atoms with Crippen LogP contribution >= 0.6 is 22.9 Å². The number of pyridine rings is 1. The maximum atomic E-state index is 5.95. The number of rotatable bonds is 1. The fourth-order valence-electron chi connectivity index (χ4n) is 1.84. The van der Waals surface area contributed by atoms with E-state index in [0.29, 0.717) is 5.02 Å². The first-order chi connectivity index (χ1) is 8.13. The lowest BCUT2D eigenvalue weighted by Crippen LogP contribution is -1.79. The van der Waals surface area contributed by atoms with Crippen molar-refractivity contribution in [3.8, 4) is 10.6 Å².